The number of nitrogens with zero attached hydrogens (tertiary/aromatic N) is 1. The lowest BCUT2D eigenvalue weighted by Crippen LogP contribution is -2.43. The molecule has 0 aliphatic heterocycles. The van der Waals surface area contributed by atoms with E-state index in [1.807, 2.05) is 0 Å². The summed E-state index contributed by atoms with van der Waals surface area (Å²) in [6.45, 7) is 5.22. The third kappa shape index (κ3) is 7.21. The Bertz CT molecular complexity index is 543. The predicted molar refractivity (Wildman–Crippen MR) is 77.6 cm³/mol. The maximum Gasteiger partial charge on any atom is 0.406 e. The van der Waals surface area contributed by atoms with E-state index in [2.05, 4.69) is 5.32 Å². The molecule has 0 spiro atoms. The van der Waals surface area contributed by atoms with E-state index in [0.29, 0.717) is 5.76 Å². The van der Waals surface area contributed by atoms with Gasteiger partial charge in [0.2, 0.25) is 5.91 Å². The van der Waals surface area contributed by atoms with Crippen LogP contribution in [0.15, 0.2) is 16.5 Å². The molecule has 130 valence electrons. The molecule has 1 aromatic rings. The van der Waals surface area contributed by atoms with Crippen molar-refractivity contribution in [1.82, 2.24) is 10.2 Å². The highest BCUT2D eigenvalue weighted by Crippen LogP contribution is 2.23. The van der Waals surface area contributed by atoms with Crippen LogP contribution in [-0.4, -0.2) is 36.0 Å². The molecule has 0 atom stereocenters. The number of halogens is 3. The molecule has 0 aromatic carbocycles. The number of furan rings is 1. The fraction of sp³-hybridized carbons (Fsp3) is 0.600. The maximum atomic E-state index is 12.7. The molecular weight excluding hydrogens is 313 g/mol. The number of hydrogen-bond donors (Lipinski definition) is 1. The van der Waals surface area contributed by atoms with Gasteiger partial charge >= 0.3 is 6.18 Å². The summed E-state index contributed by atoms with van der Waals surface area (Å²) >= 11 is 0. The Kier molecular flexibility index (Phi) is 5.85. The van der Waals surface area contributed by atoms with Crippen molar-refractivity contribution < 1.29 is 27.2 Å². The summed E-state index contributed by atoms with van der Waals surface area (Å²) in [7, 11) is 0. The van der Waals surface area contributed by atoms with Crippen molar-refractivity contribution in [3.63, 3.8) is 0 Å². The molecule has 1 rings (SSSR count). The van der Waals surface area contributed by atoms with Crippen LogP contribution in [0.4, 0.5) is 13.2 Å². The van der Waals surface area contributed by atoms with Gasteiger partial charge in [0.05, 0.1) is 6.54 Å². The second kappa shape index (κ2) is 7.06. The Morgan fingerprint density at radius 2 is 1.78 bits per heavy atom. The monoisotopic (exact) mass is 334 g/mol. The zero-order valence-corrected chi connectivity index (χ0v) is 13.6. The van der Waals surface area contributed by atoms with E-state index in [-0.39, 0.29) is 24.8 Å². The van der Waals surface area contributed by atoms with Gasteiger partial charge < -0.3 is 14.6 Å². The summed E-state index contributed by atoms with van der Waals surface area (Å²) in [4.78, 5) is 23.8. The van der Waals surface area contributed by atoms with E-state index in [1.165, 1.54) is 19.1 Å². The highest BCUT2D eigenvalue weighted by Gasteiger charge is 2.35. The largest absolute Gasteiger partial charge is 0.454 e. The zero-order valence-electron chi connectivity index (χ0n) is 13.6. The lowest BCUT2D eigenvalue weighted by Gasteiger charge is -2.30. The van der Waals surface area contributed by atoms with Crippen LogP contribution >= 0.6 is 0 Å². The van der Waals surface area contributed by atoms with Gasteiger partial charge in [-0.25, -0.2) is 0 Å². The van der Waals surface area contributed by atoms with E-state index in [1.54, 1.807) is 20.8 Å². The Balaban J connectivity index is 2.89. The molecule has 0 aliphatic rings. The Morgan fingerprint density at radius 1 is 1.17 bits per heavy atom. The van der Waals surface area contributed by atoms with E-state index >= 15 is 0 Å². The number of carbonyl (C=O) groups excluding carboxylic acids is 2. The predicted octanol–water partition coefficient (Wildman–Crippen LogP) is 2.97. The molecule has 5 nitrogen and oxygen atoms in total. The fourth-order valence-corrected chi connectivity index (χ4v) is 1.94. The van der Waals surface area contributed by atoms with Crippen LogP contribution < -0.4 is 5.32 Å². The molecule has 2 amide bonds. The minimum absolute atomic E-state index is 0.0624. The molecule has 1 N–H and O–H groups in total. The van der Waals surface area contributed by atoms with E-state index in [0.717, 1.165) is 4.90 Å². The van der Waals surface area contributed by atoms with E-state index < -0.39 is 24.0 Å². The molecule has 0 saturated heterocycles. The molecule has 0 radical (unpaired) electrons. The van der Waals surface area contributed by atoms with Crippen LogP contribution in [0, 0.1) is 5.41 Å². The third-order valence-corrected chi connectivity index (χ3v) is 2.71. The molecule has 0 saturated carbocycles. The lowest BCUT2D eigenvalue weighted by molar-refractivity contribution is -0.142. The minimum atomic E-state index is -4.49. The van der Waals surface area contributed by atoms with Gasteiger partial charge in [0.1, 0.15) is 12.3 Å². The van der Waals surface area contributed by atoms with Crippen LogP contribution in [0.3, 0.4) is 0 Å². The first-order valence-electron chi connectivity index (χ1n) is 7.06. The topological polar surface area (TPSA) is 62.6 Å². The normalized spacial score (nSPS) is 12.1. The van der Waals surface area contributed by atoms with Crippen LogP contribution in [0.1, 0.15) is 44.0 Å². The molecule has 1 heterocycles. The van der Waals surface area contributed by atoms with Crippen LogP contribution in [0.2, 0.25) is 0 Å². The average Bonchev–Trinajstić information content (AvgIpc) is 2.79. The van der Waals surface area contributed by atoms with Gasteiger partial charge in [0.15, 0.2) is 5.76 Å². The highest BCUT2D eigenvalue weighted by atomic mass is 19.4. The summed E-state index contributed by atoms with van der Waals surface area (Å²) in [6.07, 6.45) is -4.49. The van der Waals surface area contributed by atoms with Crippen molar-refractivity contribution in [3.05, 3.63) is 23.7 Å². The first-order valence-corrected chi connectivity index (χ1v) is 7.06. The quantitative estimate of drug-likeness (QED) is 0.900. The molecule has 0 bridgehead atoms. The first kappa shape index (κ1) is 19.1. The number of amides is 2. The van der Waals surface area contributed by atoms with Crippen molar-refractivity contribution in [3.8, 4) is 0 Å². The van der Waals surface area contributed by atoms with Gasteiger partial charge in [0, 0.05) is 13.5 Å². The highest BCUT2D eigenvalue weighted by molar-refractivity contribution is 5.91. The molecule has 23 heavy (non-hydrogen) atoms. The van der Waals surface area contributed by atoms with Gasteiger partial charge in [-0.3, -0.25) is 9.59 Å². The fourth-order valence-electron chi connectivity index (χ4n) is 1.94. The van der Waals surface area contributed by atoms with Gasteiger partial charge in [0.25, 0.3) is 5.91 Å². The number of rotatable bonds is 5. The first-order chi connectivity index (χ1) is 10.4. The van der Waals surface area contributed by atoms with Crippen molar-refractivity contribution in [1.29, 1.82) is 0 Å². The SMILES string of the molecule is CC(=O)NCc1ccc(C(=O)N(CC(C)(C)C)CC(F)(F)F)o1. The van der Waals surface area contributed by atoms with Gasteiger partial charge in [-0.2, -0.15) is 13.2 Å². The van der Waals surface area contributed by atoms with Crippen molar-refractivity contribution in [2.24, 2.45) is 5.41 Å². The van der Waals surface area contributed by atoms with Crippen LogP contribution in [-0.2, 0) is 11.3 Å². The van der Waals surface area contributed by atoms with Crippen molar-refractivity contribution in [2.45, 2.75) is 40.4 Å². The molecule has 0 aliphatic carbocycles. The lowest BCUT2D eigenvalue weighted by atomic mass is 9.96. The summed E-state index contributed by atoms with van der Waals surface area (Å²) in [6, 6.07) is 2.76. The standard InChI is InChI=1S/C15H21F3N2O3/c1-10(21)19-7-11-5-6-12(23-11)13(22)20(8-14(2,3)4)9-15(16,17)18/h5-6H,7-9H2,1-4H3,(H,19,21). The maximum absolute atomic E-state index is 12.7. The second-order valence-corrected chi connectivity index (χ2v) is 6.51. The van der Waals surface area contributed by atoms with Crippen LogP contribution in [0.25, 0.3) is 0 Å². The smallest absolute Gasteiger partial charge is 0.406 e. The Hall–Kier alpha value is -1.99. The molecule has 8 heteroatoms. The minimum Gasteiger partial charge on any atom is -0.454 e. The molecule has 0 unspecified atom stereocenters. The van der Waals surface area contributed by atoms with E-state index in [4.69, 9.17) is 4.42 Å². The van der Waals surface area contributed by atoms with Crippen molar-refractivity contribution in [2.75, 3.05) is 13.1 Å². The van der Waals surface area contributed by atoms with Gasteiger partial charge in [-0.15, -0.1) is 0 Å². The number of hydrogen-bond acceptors (Lipinski definition) is 3. The summed E-state index contributed by atoms with van der Waals surface area (Å²) in [5, 5.41) is 2.48. The third-order valence-electron chi connectivity index (χ3n) is 2.71. The summed E-state index contributed by atoms with van der Waals surface area (Å²) in [5.74, 6) is -0.989. The Labute approximate surface area is 132 Å². The molecular formula is C15H21F3N2O3. The van der Waals surface area contributed by atoms with E-state index in [9.17, 15) is 22.8 Å². The number of alkyl halides is 3. The van der Waals surface area contributed by atoms with Gasteiger partial charge in [-0.05, 0) is 17.5 Å². The van der Waals surface area contributed by atoms with Crippen molar-refractivity contribution >= 4 is 11.8 Å². The van der Waals surface area contributed by atoms with Crippen LogP contribution in [0.5, 0.6) is 0 Å². The molecule has 1 aromatic heterocycles. The second-order valence-electron chi connectivity index (χ2n) is 6.51. The molecule has 0 fully saturated rings. The summed E-state index contributed by atoms with van der Waals surface area (Å²) < 4.78 is 43.3. The van der Waals surface area contributed by atoms with Gasteiger partial charge in [-0.1, -0.05) is 20.8 Å². The zero-order chi connectivity index (χ0) is 17.8. The Morgan fingerprint density at radius 3 is 2.26 bits per heavy atom. The average molecular weight is 334 g/mol. The number of carbonyl (C=O) groups is 2. The summed E-state index contributed by atoms with van der Waals surface area (Å²) in [5.41, 5.74) is -0.494. The number of nitrogens with one attached hydrogen (secondary N) is 1.